The molecule has 0 aromatic carbocycles. The SMILES string of the molecule is CCO.I.I.[TeH2]. The molecule has 0 spiro atoms. The van der Waals surface area contributed by atoms with E-state index < -0.39 is 0 Å². The first-order valence-electron chi connectivity index (χ1n) is 1.02. The van der Waals surface area contributed by atoms with Crippen LogP contribution < -0.4 is 0 Å². The van der Waals surface area contributed by atoms with E-state index in [-0.39, 0.29) is 78.2 Å². The molecule has 0 aromatic rings. The first-order chi connectivity index (χ1) is 1.41. The molecule has 0 fully saturated rings. The molecule has 4 heteroatoms. The molecule has 0 unspecified atom stereocenters. The Morgan fingerprint density at radius 1 is 1.33 bits per heavy atom. The molecule has 44 valence electrons. The molecule has 0 aliphatic carbocycles. The zero-order valence-corrected chi connectivity index (χ0v) is 11.0. The predicted molar refractivity (Wildman–Crippen MR) is 52.1 cm³/mol. The Bertz CT molecular complexity index is 11.5. The van der Waals surface area contributed by atoms with E-state index in [2.05, 4.69) is 0 Å². The summed E-state index contributed by atoms with van der Waals surface area (Å²) in [5.41, 5.74) is 0. The van der Waals surface area contributed by atoms with Crippen LogP contribution in [0.25, 0.3) is 0 Å². The van der Waals surface area contributed by atoms with Gasteiger partial charge in [0.25, 0.3) is 0 Å². The van der Waals surface area contributed by atoms with Crippen LogP contribution in [0.1, 0.15) is 6.92 Å². The topological polar surface area (TPSA) is 20.2 Å². The minimum absolute atomic E-state index is 0. The minimum atomic E-state index is 0. The molecule has 0 aliphatic heterocycles. The van der Waals surface area contributed by atoms with Crippen molar-refractivity contribution in [3.8, 4) is 0 Å². The van der Waals surface area contributed by atoms with Crippen molar-refractivity contribution in [3.05, 3.63) is 0 Å². The van der Waals surface area contributed by atoms with Gasteiger partial charge in [-0.25, -0.2) is 0 Å². The van der Waals surface area contributed by atoms with Crippen LogP contribution in [0.2, 0.25) is 0 Å². The van der Waals surface area contributed by atoms with Crippen LogP contribution in [0.5, 0.6) is 0 Å². The average Bonchev–Trinajstić information content (AvgIpc) is 0.918. The Kier molecular flexibility index (Phi) is 108. The maximum absolute atomic E-state index is 7.57. The monoisotopic (exact) mass is 434 g/mol. The molecule has 1 N–H and O–H groups in total. The first-order valence-corrected chi connectivity index (χ1v) is 1.02. The summed E-state index contributed by atoms with van der Waals surface area (Å²) in [6, 6.07) is 0. The van der Waals surface area contributed by atoms with Gasteiger partial charge < -0.3 is 5.11 Å². The molecule has 0 aliphatic rings. The van der Waals surface area contributed by atoms with Gasteiger partial charge in [-0.2, -0.15) is 0 Å². The molecule has 0 amide bonds. The molecular formula is C2H10I2OTe. The number of hydrogen-bond donors (Lipinski definition) is 1. The van der Waals surface area contributed by atoms with Gasteiger partial charge >= 0.3 is 23.7 Å². The number of aliphatic hydroxyl groups excluding tert-OH is 1. The summed E-state index contributed by atoms with van der Waals surface area (Å²) in [4.78, 5) is 0. The predicted octanol–water partition coefficient (Wildman–Crippen LogP) is 0.318. The molecule has 6 heavy (non-hydrogen) atoms. The van der Waals surface area contributed by atoms with Crippen LogP contribution in [0, 0.1) is 0 Å². The normalized spacial score (nSPS) is 3.00. The van der Waals surface area contributed by atoms with Crippen LogP contribution in [0.3, 0.4) is 0 Å². The van der Waals surface area contributed by atoms with Crippen molar-refractivity contribution < 1.29 is 5.11 Å². The van der Waals surface area contributed by atoms with Gasteiger partial charge in [0.05, 0.1) is 0 Å². The van der Waals surface area contributed by atoms with Gasteiger partial charge in [0.2, 0.25) is 0 Å². The molecule has 0 saturated carbocycles. The second-order valence-corrected chi connectivity index (χ2v) is 0.316. The van der Waals surface area contributed by atoms with Gasteiger partial charge in [0, 0.05) is 6.61 Å². The zero-order valence-electron chi connectivity index (χ0n) is 3.47. The molecule has 0 heterocycles. The van der Waals surface area contributed by atoms with Crippen molar-refractivity contribution >= 4 is 71.6 Å². The summed E-state index contributed by atoms with van der Waals surface area (Å²) in [5.74, 6) is 0. The van der Waals surface area contributed by atoms with Crippen molar-refractivity contribution in [1.29, 1.82) is 0 Å². The molecule has 0 aromatic heterocycles. The number of rotatable bonds is 0. The quantitative estimate of drug-likeness (QED) is 0.433. The third-order valence-electron chi connectivity index (χ3n) is 0. The van der Waals surface area contributed by atoms with E-state index in [1.165, 1.54) is 0 Å². The first kappa shape index (κ1) is 24.1. The van der Waals surface area contributed by atoms with Crippen molar-refractivity contribution in [2.24, 2.45) is 0 Å². The van der Waals surface area contributed by atoms with E-state index in [0.29, 0.717) is 0 Å². The average molecular weight is 432 g/mol. The van der Waals surface area contributed by atoms with Crippen LogP contribution in [0.15, 0.2) is 0 Å². The van der Waals surface area contributed by atoms with Crippen molar-refractivity contribution in [1.82, 2.24) is 0 Å². The van der Waals surface area contributed by atoms with E-state index in [1.807, 2.05) is 0 Å². The Morgan fingerprint density at radius 3 is 1.33 bits per heavy atom. The van der Waals surface area contributed by atoms with Gasteiger partial charge in [-0.15, -0.1) is 48.0 Å². The Morgan fingerprint density at radius 2 is 1.33 bits per heavy atom. The summed E-state index contributed by atoms with van der Waals surface area (Å²) in [7, 11) is 0. The molecule has 0 radical (unpaired) electrons. The van der Waals surface area contributed by atoms with Gasteiger partial charge in [-0.3, -0.25) is 0 Å². The maximum atomic E-state index is 7.57. The van der Waals surface area contributed by atoms with Gasteiger partial charge in [0.15, 0.2) is 0 Å². The van der Waals surface area contributed by atoms with Crippen LogP contribution in [0.4, 0.5) is 0 Å². The Labute approximate surface area is 89.0 Å². The number of halogens is 2. The summed E-state index contributed by atoms with van der Waals surface area (Å²) in [5, 5.41) is 7.57. The van der Waals surface area contributed by atoms with Crippen LogP contribution in [-0.4, -0.2) is 35.4 Å². The second-order valence-electron chi connectivity index (χ2n) is 0.316. The van der Waals surface area contributed by atoms with Crippen molar-refractivity contribution in [2.75, 3.05) is 6.61 Å². The van der Waals surface area contributed by atoms with E-state index >= 15 is 0 Å². The third-order valence-corrected chi connectivity index (χ3v) is 0. The summed E-state index contributed by atoms with van der Waals surface area (Å²) in [6.45, 7) is 1.93. The second kappa shape index (κ2) is 27.0. The van der Waals surface area contributed by atoms with Crippen LogP contribution >= 0.6 is 48.0 Å². The Balaban J connectivity index is -0.00000000667. The van der Waals surface area contributed by atoms with E-state index in [1.54, 1.807) is 6.92 Å². The van der Waals surface area contributed by atoms with Gasteiger partial charge in [0.1, 0.15) is 0 Å². The van der Waals surface area contributed by atoms with Crippen LogP contribution in [-0.2, 0) is 0 Å². The van der Waals surface area contributed by atoms with E-state index in [4.69, 9.17) is 5.11 Å². The zero-order chi connectivity index (χ0) is 2.71. The Hall–Kier alpha value is 2.21. The molecule has 0 bridgehead atoms. The molecule has 1 nitrogen and oxygen atoms in total. The molecular weight excluding hydrogens is 421 g/mol. The summed E-state index contributed by atoms with van der Waals surface area (Å²) < 4.78 is 0. The van der Waals surface area contributed by atoms with Crippen molar-refractivity contribution in [3.63, 3.8) is 0 Å². The number of hydrogen-bond acceptors (Lipinski definition) is 1. The molecule has 0 rings (SSSR count). The fraction of sp³-hybridized carbons (Fsp3) is 1.00. The fourth-order valence-corrected chi connectivity index (χ4v) is 0. The summed E-state index contributed by atoms with van der Waals surface area (Å²) in [6.07, 6.45) is 0. The van der Waals surface area contributed by atoms with Gasteiger partial charge in [-0.1, -0.05) is 0 Å². The number of aliphatic hydroxyl groups is 1. The summed E-state index contributed by atoms with van der Waals surface area (Å²) >= 11 is 0. The fourth-order valence-electron chi connectivity index (χ4n) is 0. The van der Waals surface area contributed by atoms with Crippen molar-refractivity contribution in [2.45, 2.75) is 6.92 Å². The standard InChI is InChI=1S/C2H6O.2HI.H2Te/c1-2-3;;;/h3H,2H2,1H3;2*1H;1H2. The molecule has 0 saturated heterocycles. The van der Waals surface area contributed by atoms with E-state index in [0.717, 1.165) is 0 Å². The van der Waals surface area contributed by atoms with E-state index in [9.17, 15) is 0 Å². The molecule has 0 atom stereocenters. The third kappa shape index (κ3) is 34.5. The van der Waals surface area contributed by atoms with Gasteiger partial charge in [-0.05, 0) is 6.92 Å².